The molecular formula is C4H10N4O3. The molecule has 7 heteroatoms. The predicted molar refractivity (Wildman–Crippen MR) is 36.5 cm³/mol. The van der Waals surface area contributed by atoms with Gasteiger partial charge in [0, 0.05) is 0 Å². The predicted octanol–water partition coefficient (Wildman–Crippen LogP) is -0.646. The Labute approximate surface area is 63.2 Å². The largest absolute Gasteiger partial charge is 0.468 e. The average molecular weight is 162 g/mol. The number of aliphatic hydroxyl groups is 1. The number of aliphatic hydroxyl groups excluding tert-OH is 1. The van der Waals surface area contributed by atoms with E-state index in [0.29, 0.717) is 0 Å². The quantitative estimate of drug-likeness (QED) is 0.215. The fourth-order valence-corrected chi connectivity index (χ4v) is 0.226. The van der Waals surface area contributed by atoms with E-state index in [9.17, 15) is 4.79 Å². The number of methoxy groups -OCH3 is 1. The molecule has 0 aromatic carbocycles. The van der Waals surface area contributed by atoms with Crippen molar-refractivity contribution in [1.82, 2.24) is 0 Å². The molecule has 4 N–H and O–H groups in total. The van der Waals surface area contributed by atoms with Crippen molar-refractivity contribution in [3.63, 3.8) is 0 Å². The van der Waals surface area contributed by atoms with Gasteiger partial charge in [-0.05, 0) is 10.4 Å². The van der Waals surface area contributed by atoms with Crippen LogP contribution in [0.4, 0.5) is 0 Å². The Morgan fingerprint density at radius 2 is 2.36 bits per heavy atom. The van der Waals surface area contributed by atoms with Crippen LogP contribution in [0.2, 0.25) is 0 Å². The zero-order valence-electron chi connectivity index (χ0n) is 6.02. The summed E-state index contributed by atoms with van der Waals surface area (Å²) < 4.78 is 4.18. The summed E-state index contributed by atoms with van der Waals surface area (Å²) in [5.74, 6) is -0.590. The molecule has 7 nitrogen and oxygen atoms in total. The topological polar surface area (TPSA) is 133 Å². The molecule has 0 saturated heterocycles. The molecule has 0 aliphatic carbocycles. The molecule has 0 spiro atoms. The molecule has 0 heterocycles. The molecule has 0 unspecified atom stereocenters. The van der Waals surface area contributed by atoms with Crippen molar-refractivity contribution in [2.24, 2.45) is 5.73 Å². The van der Waals surface area contributed by atoms with Crippen LogP contribution in [-0.2, 0) is 9.53 Å². The van der Waals surface area contributed by atoms with Crippen LogP contribution >= 0.6 is 0 Å². The highest BCUT2D eigenvalue weighted by Gasteiger charge is 2.10. The summed E-state index contributed by atoms with van der Waals surface area (Å²) in [4.78, 5) is 12.0. The van der Waals surface area contributed by atoms with E-state index in [0.717, 1.165) is 0 Å². The van der Waals surface area contributed by atoms with E-state index >= 15 is 0 Å². The van der Waals surface area contributed by atoms with Gasteiger partial charge in [0.05, 0.1) is 13.7 Å². The number of nitrogens with zero attached hydrogens (tertiary/aromatic N) is 2. The third-order valence-electron chi connectivity index (χ3n) is 0.701. The van der Waals surface area contributed by atoms with Crippen LogP contribution in [0.1, 0.15) is 0 Å². The monoisotopic (exact) mass is 162 g/mol. The summed E-state index contributed by atoms with van der Waals surface area (Å²) in [7, 11) is 1.22. The highest BCUT2D eigenvalue weighted by Crippen LogP contribution is 1.78. The van der Waals surface area contributed by atoms with Crippen molar-refractivity contribution >= 4 is 5.97 Å². The lowest BCUT2D eigenvalue weighted by molar-refractivity contribution is -0.143. The van der Waals surface area contributed by atoms with Crippen molar-refractivity contribution in [2.45, 2.75) is 6.04 Å². The zero-order chi connectivity index (χ0) is 9.28. The van der Waals surface area contributed by atoms with E-state index in [2.05, 4.69) is 4.74 Å². The van der Waals surface area contributed by atoms with Gasteiger partial charge in [-0.15, -0.1) is 5.53 Å². The lowest BCUT2D eigenvalue weighted by Crippen LogP contribution is -2.34. The van der Waals surface area contributed by atoms with Crippen LogP contribution < -0.4 is 5.73 Å². The minimum Gasteiger partial charge on any atom is -0.468 e. The minimum absolute atomic E-state index is 0.368. The molecule has 1 atom stereocenters. The number of rotatable bonds is 2. The van der Waals surface area contributed by atoms with Gasteiger partial charge in [0.2, 0.25) is 0 Å². The first kappa shape index (κ1) is 12.4. The number of hydrogen-bond donors (Lipinski definition) is 3. The lowest BCUT2D eigenvalue weighted by Gasteiger charge is -2.02. The second kappa shape index (κ2) is 8.70. The van der Waals surface area contributed by atoms with Gasteiger partial charge < -0.3 is 15.6 Å². The number of carbonyl (C=O) groups is 1. The smallest absolute Gasteiger partial charge is 0.325 e. The Balaban J connectivity index is 0. The number of carbonyl (C=O) groups excluding carboxylic acids is 1. The summed E-state index contributed by atoms with van der Waals surface area (Å²) in [6, 6.07) is -0.889. The molecule has 0 aliphatic heterocycles. The van der Waals surface area contributed by atoms with Crippen LogP contribution in [0, 0.1) is 5.53 Å². The van der Waals surface area contributed by atoms with Crippen molar-refractivity contribution in [3.05, 3.63) is 10.4 Å². The van der Waals surface area contributed by atoms with E-state index in [1.807, 2.05) is 0 Å². The van der Waals surface area contributed by atoms with Crippen LogP contribution in [0.25, 0.3) is 10.4 Å². The number of nitrogens with one attached hydrogen (secondary N) is 1. The molecule has 11 heavy (non-hydrogen) atoms. The van der Waals surface area contributed by atoms with Crippen molar-refractivity contribution in [2.75, 3.05) is 13.7 Å². The van der Waals surface area contributed by atoms with Crippen molar-refractivity contribution < 1.29 is 14.6 Å². The van der Waals surface area contributed by atoms with Crippen LogP contribution in [-0.4, -0.2) is 30.8 Å². The van der Waals surface area contributed by atoms with E-state index in [1.165, 1.54) is 7.11 Å². The SMILES string of the molecule is COC(=O)[C@@H](N)CO.[N-]=[N+]=N. The first-order chi connectivity index (χ1) is 5.13. The Hall–Kier alpha value is -1.30. The van der Waals surface area contributed by atoms with Crippen LogP contribution in [0.3, 0.4) is 0 Å². The fourth-order valence-electron chi connectivity index (χ4n) is 0.226. The normalized spacial score (nSPS) is 10.1. The van der Waals surface area contributed by atoms with Gasteiger partial charge in [-0.25, -0.2) is 0 Å². The van der Waals surface area contributed by atoms with Gasteiger partial charge in [-0.3, -0.25) is 4.79 Å². The number of hydrogen-bond acceptors (Lipinski definition) is 5. The average Bonchev–Trinajstić information content (AvgIpc) is 2.03. The molecule has 0 aromatic heterocycles. The molecule has 0 aliphatic rings. The first-order valence-corrected chi connectivity index (χ1v) is 2.59. The molecule has 0 saturated carbocycles. The first-order valence-electron chi connectivity index (χ1n) is 2.59. The second-order valence-electron chi connectivity index (χ2n) is 1.41. The molecular weight excluding hydrogens is 152 g/mol. The molecule has 0 aromatic rings. The molecule has 0 rings (SSSR count). The van der Waals surface area contributed by atoms with E-state index < -0.39 is 12.0 Å². The highest BCUT2D eigenvalue weighted by atomic mass is 16.5. The Kier molecular flexibility index (Phi) is 9.79. The van der Waals surface area contributed by atoms with Crippen LogP contribution in [0.5, 0.6) is 0 Å². The minimum atomic E-state index is -0.889. The van der Waals surface area contributed by atoms with Gasteiger partial charge in [-0.2, -0.15) is 0 Å². The lowest BCUT2D eigenvalue weighted by atomic mass is 10.3. The van der Waals surface area contributed by atoms with Crippen LogP contribution in [0.15, 0.2) is 0 Å². The molecule has 64 valence electrons. The molecule has 0 radical (unpaired) electrons. The van der Waals surface area contributed by atoms with Gasteiger partial charge in [0.25, 0.3) is 0 Å². The maximum absolute atomic E-state index is 10.2. The summed E-state index contributed by atoms with van der Waals surface area (Å²) in [5, 5.41) is 8.21. The maximum atomic E-state index is 10.2. The van der Waals surface area contributed by atoms with E-state index in [-0.39, 0.29) is 6.61 Å². The molecule has 0 bridgehead atoms. The Bertz CT molecular complexity index is 142. The third kappa shape index (κ3) is 8.70. The number of ether oxygens (including phenoxy) is 1. The Morgan fingerprint density at radius 1 is 2.00 bits per heavy atom. The van der Waals surface area contributed by atoms with Gasteiger partial charge in [0.1, 0.15) is 6.04 Å². The fraction of sp³-hybridized carbons (Fsp3) is 0.750. The van der Waals surface area contributed by atoms with E-state index in [4.69, 9.17) is 21.9 Å². The summed E-state index contributed by atoms with van der Waals surface area (Å²) in [6.45, 7) is -0.368. The summed E-state index contributed by atoms with van der Waals surface area (Å²) in [5.41, 5.74) is 17.3. The molecule has 0 amide bonds. The third-order valence-corrected chi connectivity index (χ3v) is 0.701. The van der Waals surface area contributed by atoms with E-state index in [1.54, 1.807) is 4.91 Å². The van der Waals surface area contributed by atoms with Crippen molar-refractivity contribution in [3.8, 4) is 0 Å². The number of esters is 1. The maximum Gasteiger partial charge on any atom is 0.325 e. The standard InChI is InChI=1S/C4H9NO3.HN3/c1-8-4(7)3(5)2-6;1-3-2/h3,6H,2,5H2,1H3;1H/t3-;/m0./s1. The van der Waals surface area contributed by atoms with Gasteiger partial charge in [0.15, 0.2) is 0 Å². The molecule has 0 fully saturated rings. The highest BCUT2D eigenvalue weighted by molar-refractivity contribution is 5.75. The number of nitrogens with two attached hydrogens (primary N) is 1. The van der Waals surface area contributed by atoms with Gasteiger partial charge in [-0.1, -0.05) is 0 Å². The Morgan fingerprint density at radius 3 is 2.45 bits per heavy atom. The van der Waals surface area contributed by atoms with Crippen molar-refractivity contribution in [1.29, 1.82) is 5.53 Å². The zero-order valence-corrected chi connectivity index (χ0v) is 6.02. The van der Waals surface area contributed by atoms with Gasteiger partial charge >= 0.3 is 5.97 Å². The summed E-state index contributed by atoms with van der Waals surface area (Å²) in [6.07, 6.45) is 0. The summed E-state index contributed by atoms with van der Waals surface area (Å²) >= 11 is 0. The second-order valence-corrected chi connectivity index (χ2v) is 1.41.